The van der Waals surface area contributed by atoms with E-state index in [1.54, 1.807) is 38.3 Å². The number of hydrogen-bond acceptors (Lipinski definition) is 8. The van der Waals surface area contributed by atoms with Gasteiger partial charge in [0.1, 0.15) is 11.5 Å². The summed E-state index contributed by atoms with van der Waals surface area (Å²) in [5.41, 5.74) is 2.16. The second-order valence-electron chi connectivity index (χ2n) is 6.62. The highest BCUT2D eigenvalue weighted by molar-refractivity contribution is 7.16. The van der Waals surface area contributed by atoms with Crippen LogP contribution in [-0.4, -0.2) is 28.1 Å². The molecule has 0 spiro atoms. The quantitative estimate of drug-likeness (QED) is 0.450. The van der Waals surface area contributed by atoms with Crippen molar-refractivity contribution in [1.29, 1.82) is 0 Å². The van der Waals surface area contributed by atoms with Gasteiger partial charge in [0.2, 0.25) is 11.7 Å². The van der Waals surface area contributed by atoms with Crippen LogP contribution in [0.4, 0.5) is 5.13 Å². The lowest BCUT2D eigenvalue weighted by atomic mass is 10.1. The summed E-state index contributed by atoms with van der Waals surface area (Å²) in [6.07, 6.45) is 0. The first-order chi connectivity index (χ1) is 15.0. The SMILES string of the molecule is COc1ccc(-c2nc(NC(=O)c3ccccc3OCc3noc(C)n3)sc2C)cc1. The molecule has 0 saturated carbocycles. The molecule has 31 heavy (non-hydrogen) atoms. The van der Waals surface area contributed by atoms with E-state index < -0.39 is 0 Å². The number of hydrogen-bond donors (Lipinski definition) is 1. The van der Waals surface area contributed by atoms with Gasteiger partial charge in [-0.15, -0.1) is 11.3 Å². The molecule has 2 aromatic carbocycles. The van der Waals surface area contributed by atoms with Crippen LogP contribution in [-0.2, 0) is 6.61 Å². The van der Waals surface area contributed by atoms with Crippen LogP contribution in [0.3, 0.4) is 0 Å². The molecule has 1 N–H and O–H groups in total. The lowest BCUT2D eigenvalue weighted by Gasteiger charge is -2.09. The van der Waals surface area contributed by atoms with Gasteiger partial charge in [0.05, 0.1) is 18.4 Å². The van der Waals surface area contributed by atoms with Gasteiger partial charge < -0.3 is 14.0 Å². The summed E-state index contributed by atoms with van der Waals surface area (Å²) in [6, 6.07) is 14.6. The predicted octanol–water partition coefficient (Wildman–Crippen LogP) is 4.65. The molecule has 0 atom stereocenters. The second-order valence-corrected chi connectivity index (χ2v) is 7.82. The number of para-hydroxylation sites is 1. The van der Waals surface area contributed by atoms with Crippen molar-refractivity contribution in [3.63, 3.8) is 0 Å². The first kappa shape index (κ1) is 20.5. The number of nitrogens with zero attached hydrogens (tertiary/aromatic N) is 3. The fraction of sp³-hybridized carbons (Fsp3) is 0.182. The fourth-order valence-corrected chi connectivity index (χ4v) is 3.78. The lowest BCUT2D eigenvalue weighted by Crippen LogP contribution is -2.13. The number of carbonyl (C=O) groups is 1. The van der Waals surface area contributed by atoms with Crippen LogP contribution >= 0.6 is 11.3 Å². The van der Waals surface area contributed by atoms with Gasteiger partial charge in [0.15, 0.2) is 11.7 Å². The Hall–Kier alpha value is -3.72. The molecule has 2 aromatic heterocycles. The molecule has 8 nitrogen and oxygen atoms in total. The Labute approximate surface area is 182 Å². The first-order valence-corrected chi connectivity index (χ1v) is 10.3. The number of carbonyl (C=O) groups excluding carboxylic acids is 1. The smallest absolute Gasteiger partial charge is 0.261 e. The Kier molecular flexibility index (Phi) is 5.94. The van der Waals surface area contributed by atoms with Crippen LogP contribution < -0.4 is 14.8 Å². The molecule has 0 fully saturated rings. The van der Waals surface area contributed by atoms with Crippen molar-refractivity contribution in [1.82, 2.24) is 15.1 Å². The molecule has 0 unspecified atom stereocenters. The summed E-state index contributed by atoms with van der Waals surface area (Å²) < 4.78 is 15.9. The highest BCUT2D eigenvalue weighted by Crippen LogP contribution is 2.32. The molecule has 0 aliphatic rings. The van der Waals surface area contributed by atoms with E-state index in [9.17, 15) is 4.79 Å². The Bertz CT molecular complexity index is 1200. The third kappa shape index (κ3) is 4.72. The number of thiazole rings is 1. The molecule has 0 aliphatic carbocycles. The van der Waals surface area contributed by atoms with E-state index in [-0.39, 0.29) is 12.5 Å². The molecular formula is C22H20N4O4S. The Morgan fingerprint density at radius 2 is 1.87 bits per heavy atom. The molecule has 0 aliphatic heterocycles. The van der Waals surface area contributed by atoms with Crippen molar-refractivity contribution < 1.29 is 18.8 Å². The van der Waals surface area contributed by atoms with E-state index in [1.165, 1.54) is 11.3 Å². The zero-order chi connectivity index (χ0) is 21.8. The number of amides is 1. The van der Waals surface area contributed by atoms with Gasteiger partial charge in [-0.3, -0.25) is 10.1 Å². The molecule has 0 bridgehead atoms. The minimum Gasteiger partial charge on any atom is -0.497 e. The van der Waals surface area contributed by atoms with Crippen molar-refractivity contribution in [3.8, 4) is 22.8 Å². The number of aryl methyl sites for hydroxylation is 2. The maximum absolute atomic E-state index is 12.9. The van der Waals surface area contributed by atoms with E-state index in [2.05, 4.69) is 20.4 Å². The standard InChI is InChI=1S/C22H20N4O4S/c1-13-20(15-8-10-16(28-3)11-9-15)24-22(31-13)25-21(27)17-6-4-5-7-18(17)29-12-19-23-14(2)30-26-19/h4-11H,12H2,1-3H3,(H,24,25,27). The topological polar surface area (TPSA) is 99.4 Å². The van der Waals surface area contributed by atoms with Crippen molar-refractivity contribution in [2.45, 2.75) is 20.5 Å². The van der Waals surface area contributed by atoms with Gasteiger partial charge >= 0.3 is 0 Å². The van der Waals surface area contributed by atoms with Gasteiger partial charge in [0, 0.05) is 17.4 Å². The zero-order valence-electron chi connectivity index (χ0n) is 17.2. The number of aromatic nitrogens is 3. The van der Waals surface area contributed by atoms with Gasteiger partial charge in [-0.2, -0.15) is 4.98 Å². The van der Waals surface area contributed by atoms with Gasteiger partial charge in [-0.05, 0) is 43.3 Å². The lowest BCUT2D eigenvalue weighted by molar-refractivity contribution is 0.102. The van der Waals surface area contributed by atoms with E-state index in [0.29, 0.717) is 28.2 Å². The predicted molar refractivity (Wildman–Crippen MR) is 117 cm³/mol. The highest BCUT2D eigenvalue weighted by Gasteiger charge is 2.17. The summed E-state index contributed by atoms with van der Waals surface area (Å²) in [6.45, 7) is 3.77. The van der Waals surface area contributed by atoms with Crippen LogP contribution in [0.15, 0.2) is 53.1 Å². The highest BCUT2D eigenvalue weighted by atomic mass is 32.1. The molecule has 9 heteroatoms. The number of ether oxygens (including phenoxy) is 2. The Morgan fingerprint density at radius 3 is 2.58 bits per heavy atom. The molecule has 4 rings (SSSR count). The van der Waals surface area contributed by atoms with Gasteiger partial charge in [-0.1, -0.05) is 17.3 Å². The van der Waals surface area contributed by atoms with Crippen molar-refractivity contribution >= 4 is 22.4 Å². The van der Waals surface area contributed by atoms with Crippen LogP contribution in [0, 0.1) is 13.8 Å². The normalized spacial score (nSPS) is 10.7. The van der Waals surface area contributed by atoms with Crippen molar-refractivity contribution in [2.75, 3.05) is 12.4 Å². The Morgan fingerprint density at radius 1 is 1.10 bits per heavy atom. The molecule has 0 saturated heterocycles. The number of rotatable bonds is 7. The summed E-state index contributed by atoms with van der Waals surface area (Å²) >= 11 is 1.41. The van der Waals surface area contributed by atoms with E-state index in [4.69, 9.17) is 14.0 Å². The number of anilines is 1. The largest absolute Gasteiger partial charge is 0.497 e. The summed E-state index contributed by atoms with van der Waals surface area (Å²) in [5, 5.41) is 7.18. The van der Waals surface area contributed by atoms with Gasteiger partial charge in [-0.25, -0.2) is 4.98 Å². The zero-order valence-corrected chi connectivity index (χ0v) is 18.0. The van der Waals surface area contributed by atoms with E-state index in [0.717, 1.165) is 21.9 Å². The van der Waals surface area contributed by atoms with E-state index in [1.807, 2.05) is 31.2 Å². The summed E-state index contributed by atoms with van der Waals surface area (Å²) in [5.74, 6) is 1.75. The fourth-order valence-electron chi connectivity index (χ4n) is 2.95. The average molecular weight is 436 g/mol. The average Bonchev–Trinajstić information content (AvgIpc) is 3.37. The molecule has 1 amide bonds. The van der Waals surface area contributed by atoms with Crippen LogP contribution in [0.5, 0.6) is 11.5 Å². The summed E-state index contributed by atoms with van der Waals surface area (Å²) in [7, 11) is 1.63. The minimum absolute atomic E-state index is 0.0968. The second kappa shape index (κ2) is 8.97. The van der Waals surface area contributed by atoms with E-state index >= 15 is 0 Å². The van der Waals surface area contributed by atoms with Crippen molar-refractivity contribution in [3.05, 3.63) is 70.7 Å². The third-order valence-electron chi connectivity index (χ3n) is 4.44. The minimum atomic E-state index is -0.310. The third-order valence-corrected chi connectivity index (χ3v) is 5.32. The van der Waals surface area contributed by atoms with Crippen molar-refractivity contribution in [2.24, 2.45) is 0 Å². The maximum Gasteiger partial charge on any atom is 0.261 e. The number of nitrogens with one attached hydrogen (secondary N) is 1. The molecule has 158 valence electrons. The number of benzene rings is 2. The molecular weight excluding hydrogens is 416 g/mol. The number of methoxy groups -OCH3 is 1. The van der Waals surface area contributed by atoms with Crippen LogP contribution in [0.1, 0.15) is 27.0 Å². The maximum atomic E-state index is 12.9. The monoisotopic (exact) mass is 436 g/mol. The summed E-state index contributed by atoms with van der Waals surface area (Å²) in [4.78, 5) is 22.6. The molecule has 0 radical (unpaired) electrons. The van der Waals surface area contributed by atoms with Crippen LogP contribution in [0.25, 0.3) is 11.3 Å². The first-order valence-electron chi connectivity index (χ1n) is 9.47. The van der Waals surface area contributed by atoms with Crippen LogP contribution in [0.2, 0.25) is 0 Å². The molecule has 2 heterocycles. The van der Waals surface area contributed by atoms with Gasteiger partial charge in [0.25, 0.3) is 5.91 Å². The molecule has 4 aromatic rings. The Balaban J connectivity index is 1.49.